The quantitative estimate of drug-likeness (QED) is 0.175. The molecule has 1 aromatic rings. The monoisotopic (exact) mass is 555 g/mol. The van der Waals surface area contributed by atoms with Gasteiger partial charge in [-0.05, 0) is 13.0 Å². The number of aromatic nitrogens is 2. The van der Waals surface area contributed by atoms with Crippen LogP contribution in [0.5, 0.6) is 0 Å². The van der Waals surface area contributed by atoms with E-state index < -0.39 is 66.0 Å². The van der Waals surface area contributed by atoms with E-state index >= 15 is 4.39 Å². The molecule has 0 spiro atoms. The van der Waals surface area contributed by atoms with Crippen molar-refractivity contribution in [1.82, 2.24) is 9.55 Å². The third-order valence-corrected chi connectivity index (χ3v) is 7.94. The number of nitrogens with zero attached hydrogens (tertiary/aromatic N) is 2. The topological polar surface area (TPSA) is 250 Å². The zero-order chi connectivity index (χ0) is 26.1. The van der Waals surface area contributed by atoms with Gasteiger partial charge in [0.2, 0.25) is 5.67 Å². The predicted octanol–water partition coefficient (Wildman–Crippen LogP) is -0.503. The van der Waals surface area contributed by atoms with Crippen LogP contribution in [0, 0.1) is 11.8 Å². The first-order valence-corrected chi connectivity index (χ1v) is 13.2. The summed E-state index contributed by atoms with van der Waals surface area (Å²) < 4.78 is 79.8. The molecule has 1 saturated heterocycles. The molecule has 7 N–H and O–H groups in total. The second-order valence-electron chi connectivity index (χ2n) is 6.55. The number of aliphatic hydroxyl groups is 1. The van der Waals surface area contributed by atoms with E-state index in [-0.39, 0.29) is 5.82 Å². The Bertz CT molecular complexity index is 1180. The van der Waals surface area contributed by atoms with Gasteiger partial charge in [-0.1, -0.05) is 11.8 Å². The number of alkyl halides is 2. The van der Waals surface area contributed by atoms with E-state index in [2.05, 4.69) is 18.1 Å². The molecule has 16 nitrogen and oxygen atoms in total. The SMILES string of the molecule is C[C@@H](OP(=O)(O)OP(=O)(O)OP(=O)(O)O)[C@H]1O[C@@H](n2ccc(N)nc2=O)C(F)(C#CCF)[C@H]1O. The van der Waals surface area contributed by atoms with Gasteiger partial charge in [0.1, 0.15) is 24.7 Å². The van der Waals surface area contributed by atoms with Gasteiger partial charge in [-0.3, -0.25) is 9.09 Å². The van der Waals surface area contributed by atoms with E-state index in [1.807, 2.05) is 0 Å². The highest BCUT2D eigenvalue weighted by Gasteiger charge is 2.60. The van der Waals surface area contributed by atoms with Gasteiger partial charge in [0.15, 0.2) is 6.23 Å². The summed E-state index contributed by atoms with van der Waals surface area (Å²) in [6, 6.07) is 1.06. The largest absolute Gasteiger partial charge is 0.490 e. The van der Waals surface area contributed by atoms with Gasteiger partial charge in [-0.15, -0.1) is 0 Å². The number of aliphatic hydroxyl groups excluding tert-OH is 1. The maximum atomic E-state index is 15.7. The van der Waals surface area contributed by atoms with Gasteiger partial charge in [0, 0.05) is 6.20 Å². The van der Waals surface area contributed by atoms with Gasteiger partial charge in [-0.25, -0.2) is 27.3 Å². The number of nitrogens with two attached hydrogens (primary N) is 1. The maximum Gasteiger partial charge on any atom is 0.490 e. The predicted molar refractivity (Wildman–Crippen MR) is 105 cm³/mol. The summed E-state index contributed by atoms with van der Waals surface area (Å²) in [5, 5.41) is 10.5. The molecule has 1 fully saturated rings. The van der Waals surface area contributed by atoms with Gasteiger partial charge in [0.05, 0.1) is 6.10 Å². The molecular weight excluding hydrogens is 537 g/mol. The fraction of sp³-hybridized carbons (Fsp3) is 0.538. The Kier molecular flexibility index (Phi) is 8.60. The highest BCUT2D eigenvalue weighted by Crippen LogP contribution is 2.66. The Morgan fingerprint density at radius 2 is 1.91 bits per heavy atom. The van der Waals surface area contributed by atoms with Crippen molar-refractivity contribution >= 4 is 29.3 Å². The molecule has 7 atom stereocenters. The molecule has 21 heteroatoms. The Balaban J connectivity index is 2.34. The summed E-state index contributed by atoms with van der Waals surface area (Å²) in [6.07, 6.45) is -7.38. The van der Waals surface area contributed by atoms with Gasteiger partial charge < -0.3 is 35.2 Å². The minimum Gasteiger partial charge on any atom is -0.386 e. The number of phosphoric ester groups is 1. The number of rotatable bonds is 8. The van der Waals surface area contributed by atoms with Crippen molar-refractivity contribution in [3.05, 3.63) is 22.7 Å². The molecule has 3 unspecified atom stereocenters. The highest BCUT2D eigenvalue weighted by atomic mass is 31.3. The van der Waals surface area contributed by atoms with Crippen molar-refractivity contribution < 1.29 is 65.0 Å². The summed E-state index contributed by atoms with van der Waals surface area (Å²) in [7, 11) is -17.2. The molecule has 2 rings (SSSR count). The van der Waals surface area contributed by atoms with Crippen molar-refractivity contribution in [2.45, 2.75) is 37.1 Å². The average molecular weight is 555 g/mol. The lowest BCUT2D eigenvalue weighted by Gasteiger charge is -2.25. The van der Waals surface area contributed by atoms with E-state index in [0.29, 0.717) is 4.57 Å². The molecule has 1 aliphatic rings. The lowest BCUT2D eigenvalue weighted by Crippen LogP contribution is -2.45. The van der Waals surface area contributed by atoms with E-state index in [1.54, 1.807) is 11.8 Å². The van der Waals surface area contributed by atoms with E-state index in [1.165, 1.54) is 0 Å². The summed E-state index contributed by atoms with van der Waals surface area (Å²) >= 11 is 0. The fourth-order valence-corrected chi connectivity index (χ4v) is 6.02. The van der Waals surface area contributed by atoms with Crippen LogP contribution in [0.1, 0.15) is 13.2 Å². The van der Waals surface area contributed by atoms with Crippen LogP contribution in [0.2, 0.25) is 0 Å². The minimum absolute atomic E-state index is 0.253. The van der Waals surface area contributed by atoms with Crippen molar-refractivity contribution in [3.8, 4) is 11.8 Å². The normalized spacial score (nSPS) is 29.5. The Morgan fingerprint density at radius 1 is 1.29 bits per heavy atom. The number of phosphoric acid groups is 3. The third-order valence-electron chi connectivity index (χ3n) is 4.02. The first-order valence-electron chi connectivity index (χ1n) is 8.66. The van der Waals surface area contributed by atoms with Gasteiger partial charge in [0.25, 0.3) is 0 Å². The molecule has 0 amide bonds. The molecule has 1 aliphatic heterocycles. The first kappa shape index (κ1) is 28.7. The fourth-order valence-electron chi connectivity index (χ4n) is 2.82. The molecule has 0 bridgehead atoms. The Morgan fingerprint density at radius 3 is 2.44 bits per heavy atom. The zero-order valence-corrected chi connectivity index (χ0v) is 19.4. The van der Waals surface area contributed by atoms with Crippen LogP contribution in [0.4, 0.5) is 14.6 Å². The van der Waals surface area contributed by atoms with Crippen LogP contribution in [0.25, 0.3) is 0 Å². The second kappa shape index (κ2) is 10.2. The summed E-state index contributed by atoms with van der Waals surface area (Å²) in [4.78, 5) is 51.4. The van der Waals surface area contributed by atoms with Crippen molar-refractivity contribution in [2.24, 2.45) is 0 Å². The molecule has 2 heterocycles. The first-order chi connectivity index (χ1) is 15.4. The molecule has 1 aromatic heterocycles. The van der Waals surface area contributed by atoms with Gasteiger partial charge in [-0.2, -0.15) is 13.6 Å². The standard InChI is InChI=1S/C13H18F2N3O13P3/c1-7(29-33(24,25)31-34(26,27)30-32(21,22)23)9-10(19)13(15,4-2-5-14)11(28-9)18-6-3-8(16)17-12(18)20/h3,6-7,9-11,19H,5H2,1H3,(H,24,25)(H,26,27)(H2,16,17,20)(H2,21,22,23)/t7-,9-,10+,11-,13?/m1/s1. The number of hydrogen-bond donors (Lipinski definition) is 6. The number of hydrogen-bond acceptors (Lipinski definition) is 11. The third kappa shape index (κ3) is 6.98. The van der Waals surface area contributed by atoms with E-state index in [9.17, 15) is 37.8 Å². The Labute approximate surface area is 188 Å². The molecule has 0 saturated carbocycles. The van der Waals surface area contributed by atoms with E-state index in [4.69, 9.17) is 20.3 Å². The number of anilines is 1. The minimum atomic E-state index is -5.86. The average Bonchev–Trinajstić information content (AvgIpc) is 2.88. The lowest BCUT2D eigenvalue weighted by atomic mass is 9.94. The molecule has 0 radical (unpaired) electrons. The number of halogens is 2. The van der Waals surface area contributed by atoms with Crippen molar-refractivity contribution in [2.75, 3.05) is 12.4 Å². The van der Waals surface area contributed by atoms with Crippen molar-refractivity contribution in [1.29, 1.82) is 0 Å². The molecule has 0 aromatic carbocycles. The second-order valence-corrected chi connectivity index (χ2v) is 10.9. The van der Waals surface area contributed by atoms with Crippen LogP contribution in [-0.4, -0.2) is 64.9 Å². The van der Waals surface area contributed by atoms with Crippen LogP contribution >= 0.6 is 23.5 Å². The van der Waals surface area contributed by atoms with Crippen LogP contribution in [0.15, 0.2) is 17.1 Å². The van der Waals surface area contributed by atoms with Gasteiger partial charge >= 0.3 is 29.2 Å². The highest BCUT2D eigenvalue weighted by molar-refractivity contribution is 7.66. The molecule has 192 valence electrons. The molecular formula is C13H18F2N3O13P3. The number of ether oxygens (including phenoxy) is 1. The van der Waals surface area contributed by atoms with Crippen LogP contribution in [0.3, 0.4) is 0 Å². The summed E-state index contributed by atoms with van der Waals surface area (Å²) in [5.41, 5.74) is 0.987. The maximum absolute atomic E-state index is 15.7. The number of nitrogen functional groups attached to an aromatic ring is 1. The molecule has 0 aliphatic carbocycles. The van der Waals surface area contributed by atoms with Crippen molar-refractivity contribution in [3.63, 3.8) is 0 Å². The summed E-state index contributed by atoms with van der Waals surface area (Å²) in [6.45, 7) is -0.469. The molecule has 34 heavy (non-hydrogen) atoms. The van der Waals surface area contributed by atoms with Crippen LogP contribution < -0.4 is 11.4 Å². The van der Waals surface area contributed by atoms with E-state index in [0.717, 1.165) is 19.2 Å². The lowest BCUT2D eigenvalue weighted by molar-refractivity contribution is -0.0780. The van der Waals surface area contributed by atoms with Crippen LogP contribution in [-0.2, 0) is 31.6 Å². The zero-order valence-electron chi connectivity index (χ0n) is 16.7. The smallest absolute Gasteiger partial charge is 0.386 e. The summed E-state index contributed by atoms with van der Waals surface area (Å²) in [5.74, 6) is 3.24. The Hall–Kier alpha value is -1.57.